The highest BCUT2D eigenvalue weighted by molar-refractivity contribution is 5.43. The van der Waals surface area contributed by atoms with E-state index in [0.717, 1.165) is 6.07 Å². The van der Waals surface area contributed by atoms with Crippen molar-refractivity contribution in [1.82, 2.24) is 9.78 Å². The standard InChI is InChI=1S/C10H5F2N3/c11-8-2-3-9(10(12)7(8)6-13)15-5-1-4-14-15/h1-5H. The maximum atomic E-state index is 13.6. The first kappa shape index (κ1) is 9.34. The maximum absolute atomic E-state index is 13.6. The molecule has 0 unspecified atom stereocenters. The zero-order valence-electron chi connectivity index (χ0n) is 7.48. The Morgan fingerprint density at radius 3 is 2.73 bits per heavy atom. The molecule has 3 nitrogen and oxygen atoms in total. The summed E-state index contributed by atoms with van der Waals surface area (Å²) in [7, 11) is 0. The lowest BCUT2D eigenvalue weighted by molar-refractivity contribution is 0.567. The fourth-order valence-electron chi connectivity index (χ4n) is 1.23. The number of nitrogens with zero attached hydrogens (tertiary/aromatic N) is 3. The van der Waals surface area contributed by atoms with E-state index in [1.165, 1.54) is 29.2 Å². The van der Waals surface area contributed by atoms with Crippen molar-refractivity contribution in [3.05, 3.63) is 47.8 Å². The molecule has 0 aliphatic rings. The van der Waals surface area contributed by atoms with E-state index in [1.807, 2.05) is 0 Å². The van der Waals surface area contributed by atoms with Crippen molar-refractivity contribution in [2.45, 2.75) is 0 Å². The third-order valence-corrected chi connectivity index (χ3v) is 1.93. The molecule has 5 heteroatoms. The van der Waals surface area contributed by atoms with Gasteiger partial charge in [-0.05, 0) is 18.2 Å². The van der Waals surface area contributed by atoms with Crippen molar-refractivity contribution >= 4 is 0 Å². The van der Waals surface area contributed by atoms with Gasteiger partial charge in [-0.3, -0.25) is 0 Å². The number of nitriles is 1. The van der Waals surface area contributed by atoms with Crippen LogP contribution in [0.25, 0.3) is 5.69 Å². The smallest absolute Gasteiger partial charge is 0.169 e. The molecule has 15 heavy (non-hydrogen) atoms. The summed E-state index contributed by atoms with van der Waals surface area (Å²) in [5.41, 5.74) is -0.541. The van der Waals surface area contributed by atoms with Crippen LogP contribution in [-0.2, 0) is 0 Å². The molecule has 0 aliphatic heterocycles. The largest absolute Gasteiger partial charge is 0.238 e. The molecule has 0 radical (unpaired) electrons. The predicted octanol–water partition coefficient (Wildman–Crippen LogP) is 2.02. The molecular formula is C10H5F2N3. The van der Waals surface area contributed by atoms with Crippen LogP contribution in [0.2, 0.25) is 0 Å². The number of aromatic nitrogens is 2. The van der Waals surface area contributed by atoms with Crippen LogP contribution in [0.15, 0.2) is 30.6 Å². The number of hydrogen-bond donors (Lipinski definition) is 0. The average Bonchev–Trinajstić information content (AvgIpc) is 2.71. The zero-order valence-corrected chi connectivity index (χ0v) is 7.48. The Labute approximate surface area is 84.2 Å². The van der Waals surface area contributed by atoms with Crippen molar-refractivity contribution in [3.63, 3.8) is 0 Å². The first-order valence-corrected chi connectivity index (χ1v) is 4.12. The summed E-state index contributed by atoms with van der Waals surface area (Å²) in [5, 5.41) is 12.4. The van der Waals surface area contributed by atoms with Crippen molar-refractivity contribution in [3.8, 4) is 11.8 Å². The summed E-state index contributed by atoms with van der Waals surface area (Å²) in [4.78, 5) is 0. The average molecular weight is 205 g/mol. The molecule has 0 saturated carbocycles. The van der Waals surface area contributed by atoms with Crippen LogP contribution in [0, 0.1) is 23.0 Å². The summed E-state index contributed by atoms with van der Waals surface area (Å²) in [5.74, 6) is -1.77. The van der Waals surface area contributed by atoms with Crippen LogP contribution in [0.5, 0.6) is 0 Å². The second-order valence-corrected chi connectivity index (χ2v) is 2.82. The van der Waals surface area contributed by atoms with Crippen molar-refractivity contribution in [2.75, 3.05) is 0 Å². The van der Waals surface area contributed by atoms with E-state index in [-0.39, 0.29) is 5.69 Å². The SMILES string of the molecule is N#Cc1c(F)ccc(-n2cccn2)c1F. The lowest BCUT2D eigenvalue weighted by Gasteiger charge is -2.04. The van der Waals surface area contributed by atoms with E-state index in [1.54, 1.807) is 6.07 Å². The van der Waals surface area contributed by atoms with Crippen LogP contribution in [0.4, 0.5) is 8.78 Å². The summed E-state index contributed by atoms with van der Waals surface area (Å²) in [6.45, 7) is 0. The van der Waals surface area contributed by atoms with Gasteiger partial charge >= 0.3 is 0 Å². The number of rotatable bonds is 1. The molecule has 0 N–H and O–H groups in total. The topological polar surface area (TPSA) is 41.6 Å². The Bertz CT molecular complexity index is 526. The maximum Gasteiger partial charge on any atom is 0.169 e. The van der Waals surface area contributed by atoms with Gasteiger partial charge in [-0.25, -0.2) is 13.5 Å². The van der Waals surface area contributed by atoms with E-state index in [4.69, 9.17) is 5.26 Å². The monoisotopic (exact) mass is 205 g/mol. The molecule has 1 aromatic carbocycles. The minimum Gasteiger partial charge on any atom is -0.238 e. The summed E-state index contributed by atoms with van der Waals surface area (Å²) < 4.78 is 27.8. The van der Waals surface area contributed by atoms with Gasteiger partial charge in [0, 0.05) is 12.4 Å². The van der Waals surface area contributed by atoms with Crippen LogP contribution in [0.1, 0.15) is 5.56 Å². The molecule has 74 valence electrons. The van der Waals surface area contributed by atoms with Crippen LogP contribution in [-0.4, -0.2) is 9.78 Å². The lowest BCUT2D eigenvalue weighted by Crippen LogP contribution is -2.01. The van der Waals surface area contributed by atoms with E-state index in [9.17, 15) is 8.78 Å². The molecule has 0 saturated heterocycles. The molecule has 0 aliphatic carbocycles. The van der Waals surface area contributed by atoms with Gasteiger partial charge in [-0.15, -0.1) is 0 Å². The van der Waals surface area contributed by atoms with Crippen LogP contribution >= 0.6 is 0 Å². The minimum atomic E-state index is -0.902. The van der Waals surface area contributed by atoms with Gasteiger partial charge in [-0.2, -0.15) is 10.4 Å². The Morgan fingerprint density at radius 2 is 2.13 bits per heavy atom. The molecule has 2 aromatic rings. The summed E-state index contributed by atoms with van der Waals surface area (Å²) in [6.07, 6.45) is 2.98. The highest BCUT2D eigenvalue weighted by Gasteiger charge is 2.14. The minimum absolute atomic E-state index is 0.0537. The molecular weight excluding hydrogens is 200 g/mol. The van der Waals surface area contributed by atoms with Gasteiger partial charge in [0.05, 0.1) is 0 Å². The van der Waals surface area contributed by atoms with E-state index in [0.29, 0.717) is 0 Å². The van der Waals surface area contributed by atoms with Crippen molar-refractivity contribution < 1.29 is 8.78 Å². The highest BCUT2D eigenvalue weighted by atomic mass is 19.1. The Morgan fingerprint density at radius 1 is 1.33 bits per heavy atom. The fraction of sp³-hybridized carbons (Fsp3) is 0. The summed E-state index contributed by atoms with van der Waals surface area (Å²) in [6, 6.07) is 5.36. The fourth-order valence-corrected chi connectivity index (χ4v) is 1.23. The molecule has 1 aromatic heterocycles. The Balaban J connectivity index is 2.66. The zero-order chi connectivity index (χ0) is 10.8. The van der Waals surface area contributed by atoms with Gasteiger partial charge in [-0.1, -0.05) is 0 Å². The first-order chi connectivity index (χ1) is 7.24. The predicted molar refractivity (Wildman–Crippen MR) is 48.2 cm³/mol. The van der Waals surface area contributed by atoms with Crippen molar-refractivity contribution in [1.29, 1.82) is 5.26 Å². The summed E-state index contributed by atoms with van der Waals surface area (Å²) >= 11 is 0. The second-order valence-electron chi connectivity index (χ2n) is 2.82. The molecule has 0 atom stereocenters. The van der Waals surface area contributed by atoms with Crippen LogP contribution in [0.3, 0.4) is 0 Å². The van der Waals surface area contributed by atoms with Crippen molar-refractivity contribution in [2.24, 2.45) is 0 Å². The molecule has 1 heterocycles. The third kappa shape index (κ3) is 1.46. The number of benzene rings is 1. The van der Waals surface area contributed by atoms with Gasteiger partial charge < -0.3 is 0 Å². The van der Waals surface area contributed by atoms with Gasteiger partial charge in [0.2, 0.25) is 0 Å². The number of halogens is 2. The second kappa shape index (κ2) is 3.50. The Hall–Kier alpha value is -2.22. The molecule has 0 fully saturated rings. The van der Waals surface area contributed by atoms with E-state index >= 15 is 0 Å². The third-order valence-electron chi connectivity index (χ3n) is 1.93. The highest BCUT2D eigenvalue weighted by Crippen LogP contribution is 2.18. The number of hydrogen-bond acceptors (Lipinski definition) is 2. The van der Waals surface area contributed by atoms with Gasteiger partial charge in [0.15, 0.2) is 5.82 Å². The van der Waals surface area contributed by atoms with Gasteiger partial charge in [0.25, 0.3) is 0 Å². The molecule has 0 spiro atoms. The van der Waals surface area contributed by atoms with E-state index in [2.05, 4.69) is 5.10 Å². The normalized spacial score (nSPS) is 9.93. The Kier molecular flexibility index (Phi) is 2.18. The van der Waals surface area contributed by atoms with Crippen LogP contribution < -0.4 is 0 Å². The lowest BCUT2D eigenvalue weighted by atomic mass is 10.2. The quantitative estimate of drug-likeness (QED) is 0.714. The van der Waals surface area contributed by atoms with Gasteiger partial charge in [0.1, 0.15) is 23.1 Å². The van der Waals surface area contributed by atoms with E-state index < -0.39 is 17.2 Å². The molecule has 0 bridgehead atoms. The molecule has 2 rings (SSSR count). The molecule has 0 amide bonds. The first-order valence-electron chi connectivity index (χ1n) is 4.12.